The Morgan fingerprint density at radius 3 is 2.50 bits per heavy atom. The number of halogens is 1. The lowest BCUT2D eigenvalue weighted by Gasteiger charge is -2.18. The van der Waals surface area contributed by atoms with Crippen molar-refractivity contribution in [3.63, 3.8) is 0 Å². The quantitative estimate of drug-likeness (QED) is 0.497. The maximum Gasteiger partial charge on any atom is 0.271 e. The van der Waals surface area contributed by atoms with Gasteiger partial charge in [-0.1, -0.05) is 32.4 Å². The van der Waals surface area contributed by atoms with Crippen LogP contribution >= 0.6 is 23.8 Å². The molecule has 0 atom stereocenters. The molecule has 108 valence electrons. The molecule has 1 rings (SSSR count). The Morgan fingerprint density at radius 1 is 1.40 bits per heavy atom. The number of thiocarbonyl (C=S) groups is 1. The average Bonchev–Trinajstić information content (AvgIpc) is 2.30. The van der Waals surface area contributed by atoms with Crippen molar-refractivity contribution < 1.29 is 9.72 Å². The third kappa shape index (κ3) is 4.43. The molecule has 0 aliphatic carbocycles. The van der Waals surface area contributed by atoms with Gasteiger partial charge in [0.1, 0.15) is 0 Å². The molecular weight excluding hydrogens is 302 g/mol. The molecule has 1 amide bonds. The highest BCUT2D eigenvalue weighted by Crippen LogP contribution is 2.26. The van der Waals surface area contributed by atoms with Crippen LogP contribution in [-0.4, -0.2) is 15.9 Å². The largest absolute Gasteiger partial charge is 0.331 e. The molecule has 0 spiro atoms. The molecule has 0 heterocycles. The first-order valence-electron chi connectivity index (χ1n) is 5.67. The number of non-ortho nitro benzene ring substituents is 1. The van der Waals surface area contributed by atoms with Gasteiger partial charge in [0.05, 0.1) is 15.6 Å². The maximum atomic E-state index is 11.7. The van der Waals surface area contributed by atoms with Crippen molar-refractivity contribution in [3.05, 3.63) is 33.3 Å². The van der Waals surface area contributed by atoms with Gasteiger partial charge >= 0.3 is 0 Å². The zero-order valence-electron chi connectivity index (χ0n) is 11.2. The number of rotatable bonds is 2. The van der Waals surface area contributed by atoms with Gasteiger partial charge in [0.15, 0.2) is 5.11 Å². The second-order valence-electron chi connectivity index (χ2n) is 5.08. The van der Waals surface area contributed by atoms with Crippen LogP contribution in [0.15, 0.2) is 18.2 Å². The van der Waals surface area contributed by atoms with Gasteiger partial charge < -0.3 is 10.6 Å². The van der Waals surface area contributed by atoms with Crippen molar-refractivity contribution in [3.8, 4) is 0 Å². The summed E-state index contributed by atoms with van der Waals surface area (Å²) >= 11 is 10.9. The molecule has 0 saturated carbocycles. The van der Waals surface area contributed by atoms with E-state index in [1.165, 1.54) is 18.2 Å². The molecule has 0 aliphatic heterocycles. The van der Waals surface area contributed by atoms with Crippen LogP contribution in [0.5, 0.6) is 0 Å². The molecule has 0 radical (unpaired) electrons. The van der Waals surface area contributed by atoms with Crippen LogP contribution < -0.4 is 10.6 Å². The lowest BCUT2D eigenvalue weighted by atomic mass is 9.96. The van der Waals surface area contributed by atoms with Gasteiger partial charge in [0, 0.05) is 17.5 Å². The van der Waals surface area contributed by atoms with E-state index in [4.69, 9.17) is 23.8 Å². The highest BCUT2D eigenvalue weighted by molar-refractivity contribution is 7.80. The molecule has 0 fully saturated rings. The molecule has 1 aromatic carbocycles. The lowest BCUT2D eigenvalue weighted by molar-refractivity contribution is -0.384. The van der Waals surface area contributed by atoms with Crippen molar-refractivity contribution in [2.75, 3.05) is 5.32 Å². The Hall–Kier alpha value is -1.73. The van der Waals surface area contributed by atoms with Crippen LogP contribution in [0.4, 0.5) is 11.4 Å². The lowest BCUT2D eigenvalue weighted by Crippen LogP contribution is -2.41. The Labute approximate surface area is 126 Å². The van der Waals surface area contributed by atoms with E-state index in [0.717, 1.165) is 0 Å². The van der Waals surface area contributed by atoms with Gasteiger partial charge in [0.2, 0.25) is 5.91 Å². The third-order valence-electron chi connectivity index (χ3n) is 2.32. The fourth-order valence-corrected chi connectivity index (χ4v) is 1.53. The van der Waals surface area contributed by atoms with Gasteiger partial charge in [-0.3, -0.25) is 14.9 Å². The fraction of sp³-hybridized carbons (Fsp3) is 0.333. The molecule has 8 heteroatoms. The van der Waals surface area contributed by atoms with Gasteiger partial charge in [0.25, 0.3) is 5.69 Å². The van der Waals surface area contributed by atoms with E-state index < -0.39 is 10.3 Å². The molecular formula is C12H14ClN3O3S. The number of amides is 1. The monoisotopic (exact) mass is 315 g/mol. The van der Waals surface area contributed by atoms with Gasteiger partial charge in [-0.25, -0.2) is 0 Å². The predicted molar refractivity (Wildman–Crippen MR) is 81.9 cm³/mol. The molecule has 2 N–H and O–H groups in total. The Kier molecular flexibility index (Phi) is 5.02. The van der Waals surface area contributed by atoms with E-state index in [0.29, 0.717) is 0 Å². The molecule has 20 heavy (non-hydrogen) atoms. The van der Waals surface area contributed by atoms with Gasteiger partial charge in [-0.2, -0.15) is 0 Å². The number of benzene rings is 1. The SMILES string of the molecule is CC(C)(C)C(=O)NC(=S)Nc1cc([N+](=O)[O-])ccc1Cl. The zero-order valence-corrected chi connectivity index (χ0v) is 12.8. The van der Waals surface area contributed by atoms with Crippen molar-refractivity contribution >= 4 is 46.2 Å². The second kappa shape index (κ2) is 6.15. The third-order valence-corrected chi connectivity index (χ3v) is 2.85. The normalized spacial score (nSPS) is 10.8. The fourth-order valence-electron chi connectivity index (χ4n) is 1.17. The summed E-state index contributed by atoms with van der Waals surface area (Å²) < 4.78 is 0. The molecule has 0 aliphatic rings. The van der Waals surface area contributed by atoms with Crippen LogP contribution in [-0.2, 0) is 4.79 Å². The Balaban J connectivity index is 2.83. The van der Waals surface area contributed by atoms with Crippen molar-refractivity contribution in [1.29, 1.82) is 0 Å². The average molecular weight is 316 g/mol. The highest BCUT2D eigenvalue weighted by Gasteiger charge is 2.22. The topological polar surface area (TPSA) is 84.3 Å². The highest BCUT2D eigenvalue weighted by atomic mass is 35.5. The van der Waals surface area contributed by atoms with E-state index in [1.807, 2.05) is 0 Å². The first-order valence-corrected chi connectivity index (χ1v) is 6.46. The van der Waals surface area contributed by atoms with Crippen LogP contribution in [0.3, 0.4) is 0 Å². The Morgan fingerprint density at radius 2 is 2.00 bits per heavy atom. The number of hydrogen-bond acceptors (Lipinski definition) is 4. The second-order valence-corrected chi connectivity index (χ2v) is 5.89. The summed E-state index contributed by atoms with van der Waals surface area (Å²) in [6, 6.07) is 3.92. The van der Waals surface area contributed by atoms with Gasteiger partial charge in [-0.05, 0) is 18.3 Å². The molecule has 0 bridgehead atoms. The van der Waals surface area contributed by atoms with E-state index >= 15 is 0 Å². The number of carbonyl (C=O) groups is 1. The van der Waals surface area contributed by atoms with Crippen LogP contribution in [0.25, 0.3) is 0 Å². The summed E-state index contributed by atoms with van der Waals surface area (Å²) in [4.78, 5) is 21.9. The van der Waals surface area contributed by atoms with Crippen LogP contribution in [0.1, 0.15) is 20.8 Å². The zero-order chi connectivity index (χ0) is 15.5. The van der Waals surface area contributed by atoms with E-state index in [9.17, 15) is 14.9 Å². The summed E-state index contributed by atoms with van der Waals surface area (Å²) in [5, 5.41) is 16.2. The summed E-state index contributed by atoms with van der Waals surface area (Å²) in [7, 11) is 0. The number of nitro benzene ring substituents is 1. The van der Waals surface area contributed by atoms with E-state index in [2.05, 4.69) is 10.6 Å². The van der Waals surface area contributed by atoms with Crippen molar-refractivity contribution in [1.82, 2.24) is 5.32 Å². The number of anilines is 1. The molecule has 6 nitrogen and oxygen atoms in total. The first kappa shape index (κ1) is 16.3. The molecule has 0 aromatic heterocycles. The van der Waals surface area contributed by atoms with Crippen molar-refractivity contribution in [2.45, 2.75) is 20.8 Å². The van der Waals surface area contributed by atoms with E-state index in [-0.39, 0.29) is 27.4 Å². The number of nitro groups is 1. The number of nitrogens with one attached hydrogen (secondary N) is 2. The number of hydrogen-bond donors (Lipinski definition) is 2. The maximum absolute atomic E-state index is 11.7. The summed E-state index contributed by atoms with van der Waals surface area (Å²) in [6.45, 7) is 5.22. The van der Waals surface area contributed by atoms with E-state index in [1.54, 1.807) is 20.8 Å². The smallest absolute Gasteiger partial charge is 0.271 e. The first-order chi connectivity index (χ1) is 9.11. The standard InChI is InChI=1S/C12H14ClN3O3S/c1-12(2,3)10(17)15-11(20)14-9-6-7(16(18)19)4-5-8(9)13/h4-6H,1-3H3,(H2,14,15,17,20). The van der Waals surface area contributed by atoms with Crippen LogP contribution in [0.2, 0.25) is 5.02 Å². The minimum absolute atomic E-state index is 0.0346. The number of carbonyl (C=O) groups excluding carboxylic acids is 1. The van der Waals surface area contributed by atoms with Gasteiger partial charge in [-0.15, -0.1) is 0 Å². The minimum atomic E-state index is -0.599. The Bertz CT molecular complexity index is 570. The van der Waals surface area contributed by atoms with Crippen LogP contribution in [0, 0.1) is 15.5 Å². The van der Waals surface area contributed by atoms with Crippen molar-refractivity contribution in [2.24, 2.45) is 5.41 Å². The molecule has 0 saturated heterocycles. The molecule has 1 aromatic rings. The molecule has 0 unspecified atom stereocenters. The summed E-state index contributed by atoms with van der Waals surface area (Å²) in [6.07, 6.45) is 0. The summed E-state index contributed by atoms with van der Waals surface area (Å²) in [5.41, 5.74) is -0.458. The number of nitrogens with zero attached hydrogens (tertiary/aromatic N) is 1. The predicted octanol–water partition coefficient (Wildman–Crippen LogP) is 3.11. The minimum Gasteiger partial charge on any atom is -0.331 e. The summed E-state index contributed by atoms with van der Waals surface area (Å²) in [5.74, 6) is -0.267.